The molecule has 6 aliphatic heterocycles. The zero-order chi connectivity index (χ0) is 22.6. The van der Waals surface area contributed by atoms with Crippen molar-refractivity contribution in [2.75, 3.05) is 13.7 Å². The van der Waals surface area contributed by atoms with E-state index in [0.717, 1.165) is 31.4 Å². The maximum absolute atomic E-state index is 16.1. The Morgan fingerprint density at radius 1 is 1.18 bits per heavy atom. The molecule has 7 nitrogen and oxygen atoms in total. The lowest BCUT2D eigenvalue weighted by Gasteiger charge is -2.62. The third-order valence-corrected chi connectivity index (χ3v) is 9.39. The Morgan fingerprint density at radius 2 is 2.06 bits per heavy atom. The van der Waals surface area contributed by atoms with Crippen molar-refractivity contribution >= 4 is 0 Å². The van der Waals surface area contributed by atoms with Gasteiger partial charge in [0.1, 0.15) is 5.75 Å². The molecule has 0 radical (unpaired) electrons. The molecule has 0 amide bonds. The monoisotopic (exact) mass is 461 g/mol. The third-order valence-electron chi connectivity index (χ3n) is 9.39. The summed E-state index contributed by atoms with van der Waals surface area (Å²) in [6, 6.07) is 6.13. The molecule has 7 aliphatic rings. The van der Waals surface area contributed by atoms with E-state index >= 15 is 4.39 Å². The summed E-state index contributed by atoms with van der Waals surface area (Å²) < 4.78 is 33.9. The molecule has 1 saturated carbocycles. The standard InChI is InChI=1S/C25H32FNO6/c1-14-4-7-20-24(13-19-17-6-5-16(28-3)12-15(17)9-11-27(19)31-24)21(26)29-22-25(20)18(14)8-10-23(2,30-22)32-33-25/h5-6,12,14,18-22H,4,7-11,13H2,1-3H3/t14-,18+,19-,20+,21-,22-,23-,24-,25-/m1/s1. The van der Waals surface area contributed by atoms with Crippen LogP contribution in [0.15, 0.2) is 18.2 Å². The number of methoxy groups -OCH3 is 1. The largest absolute Gasteiger partial charge is 0.497 e. The first-order chi connectivity index (χ1) is 15.9. The molecule has 0 unspecified atom stereocenters. The third kappa shape index (κ3) is 2.65. The summed E-state index contributed by atoms with van der Waals surface area (Å²) in [6.07, 6.45) is 2.32. The van der Waals surface area contributed by atoms with E-state index in [4.69, 9.17) is 28.8 Å². The Balaban J connectivity index is 1.31. The van der Waals surface area contributed by atoms with E-state index in [2.05, 4.69) is 19.1 Å². The Hall–Kier alpha value is -1.29. The van der Waals surface area contributed by atoms with Gasteiger partial charge in [-0.05, 0) is 67.7 Å². The van der Waals surface area contributed by atoms with Crippen LogP contribution in [0.5, 0.6) is 5.75 Å². The first kappa shape index (κ1) is 21.0. The van der Waals surface area contributed by atoms with Gasteiger partial charge in [-0.25, -0.2) is 14.2 Å². The lowest BCUT2D eigenvalue weighted by molar-refractivity contribution is -0.583. The number of ether oxygens (including phenoxy) is 3. The summed E-state index contributed by atoms with van der Waals surface area (Å²) in [6.45, 7) is 4.82. The zero-order valence-corrected chi connectivity index (χ0v) is 19.4. The van der Waals surface area contributed by atoms with Gasteiger partial charge in [-0.1, -0.05) is 13.0 Å². The number of fused-ring (bicyclic) bond motifs is 6. The molecule has 8 heteroatoms. The van der Waals surface area contributed by atoms with E-state index in [1.807, 2.05) is 18.1 Å². The van der Waals surface area contributed by atoms with Crippen LogP contribution in [0.3, 0.4) is 0 Å². The second-order valence-corrected chi connectivity index (χ2v) is 11.0. The first-order valence-electron chi connectivity index (χ1n) is 12.4. The van der Waals surface area contributed by atoms with Gasteiger partial charge in [-0.15, -0.1) is 0 Å². The van der Waals surface area contributed by atoms with E-state index in [1.165, 1.54) is 11.1 Å². The number of alkyl halides is 1. The van der Waals surface area contributed by atoms with Crippen LogP contribution in [0.1, 0.15) is 63.1 Å². The van der Waals surface area contributed by atoms with Crippen molar-refractivity contribution in [3.05, 3.63) is 29.3 Å². The highest BCUT2D eigenvalue weighted by atomic mass is 19.1. The SMILES string of the molecule is COc1ccc2c(c1)CCN1O[C@@]3(C[C@H]21)[C@H](F)O[C@@H]1O[C@@]2(C)CC[C@H]4[C@H](C)CC[C@@H]3[C@@]14OO2. The van der Waals surface area contributed by atoms with Crippen LogP contribution >= 0.6 is 0 Å². The average molecular weight is 462 g/mol. The number of nitrogens with zero attached hydrogens (tertiary/aromatic N) is 1. The fraction of sp³-hybridized carbons (Fsp3) is 0.760. The molecule has 6 heterocycles. The summed E-state index contributed by atoms with van der Waals surface area (Å²) in [5, 5.41) is 1.97. The number of halogens is 1. The molecule has 5 saturated heterocycles. The first-order valence-corrected chi connectivity index (χ1v) is 12.4. The Morgan fingerprint density at radius 3 is 2.91 bits per heavy atom. The number of hydrogen-bond donors (Lipinski definition) is 0. The molecule has 1 aliphatic carbocycles. The van der Waals surface area contributed by atoms with Crippen molar-refractivity contribution < 1.29 is 33.2 Å². The van der Waals surface area contributed by atoms with Crippen LogP contribution in [0, 0.1) is 17.8 Å². The highest BCUT2D eigenvalue weighted by molar-refractivity contribution is 5.40. The van der Waals surface area contributed by atoms with Gasteiger partial charge in [0.15, 0.2) is 17.5 Å². The normalized spacial score (nSPS) is 50.4. The average Bonchev–Trinajstić information content (AvgIpc) is 3.07. The number of hydrogen-bond acceptors (Lipinski definition) is 7. The highest BCUT2D eigenvalue weighted by Crippen LogP contribution is 2.65. The summed E-state index contributed by atoms with van der Waals surface area (Å²) in [4.78, 5) is 18.8. The van der Waals surface area contributed by atoms with Crippen molar-refractivity contribution in [2.24, 2.45) is 17.8 Å². The maximum Gasteiger partial charge on any atom is 0.233 e. The number of benzene rings is 1. The van der Waals surface area contributed by atoms with Crippen LogP contribution < -0.4 is 4.74 Å². The predicted molar refractivity (Wildman–Crippen MR) is 113 cm³/mol. The molecule has 1 aromatic rings. The molecule has 8 rings (SSSR count). The van der Waals surface area contributed by atoms with E-state index in [-0.39, 0.29) is 17.9 Å². The van der Waals surface area contributed by atoms with Crippen LogP contribution in [-0.2, 0) is 30.5 Å². The smallest absolute Gasteiger partial charge is 0.233 e. The summed E-state index contributed by atoms with van der Waals surface area (Å²) in [7, 11) is 1.68. The van der Waals surface area contributed by atoms with E-state index in [0.29, 0.717) is 25.3 Å². The van der Waals surface area contributed by atoms with Gasteiger partial charge in [0.25, 0.3) is 0 Å². The van der Waals surface area contributed by atoms with Crippen LogP contribution in [0.4, 0.5) is 4.39 Å². The van der Waals surface area contributed by atoms with Crippen LogP contribution in [0.2, 0.25) is 0 Å². The second-order valence-electron chi connectivity index (χ2n) is 11.0. The lowest BCUT2D eigenvalue weighted by atomic mass is 9.56. The zero-order valence-electron chi connectivity index (χ0n) is 19.4. The maximum atomic E-state index is 16.1. The Kier molecular flexibility index (Phi) is 4.39. The van der Waals surface area contributed by atoms with Crippen molar-refractivity contribution in [2.45, 2.75) is 88.1 Å². The minimum Gasteiger partial charge on any atom is -0.497 e. The van der Waals surface area contributed by atoms with Crippen molar-refractivity contribution in [1.82, 2.24) is 5.06 Å². The highest BCUT2D eigenvalue weighted by Gasteiger charge is 2.76. The molecule has 180 valence electrons. The van der Waals surface area contributed by atoms with Gasteiger partial charge in [-0.3, -0.25) is 4.84 Å². The van der Waals surface area contributed by atoms with E-state index in [1.54, 1.807) is 7.11 Å². The lowest BCUT2D eigenvalue weighted by Crippen LogP contribution is -2.75. The second kappa shape index (κ2) is 6.89. The van der Waals surface area contributed by atoms with Gasteiger partial charge in [0.2, 0.25) is 12.1 Å². The summed E-state index contributed by atoms with van der Waals surface area (Å²) in [5.74, 6) is 0.277. The van der Waals surface area contributed by atoms with Gasteiger partial charge in [0.05, 0.1) is 13.2 Å². The molecule has 6 fully saturated rings. The molecular formula is C25H32FNO6. The Bertz CT molecular complexity index is 978. The van der Waals surface area contributed by atoms with Gasteiger partial charge in [0, 0.05) is 25.3 Å². The molecule has 9 atom stereocenters. The fourth-order valence-corrected chi connectivity index (χ4v) is 7.74. The summed E-state index contributed by atoms with van der Waals surface area (Å²) in [5.41, 5.74) is 0.414. The van der Waals surface area contributed by atoms with Crippen molar-refractivity contribution in [3.63, 3.8) is 0 Å². The minimum absolute atomic E-state index is 0.0336. The minimum atomic E-state index is -1.61. The van der Waals surface area contributed by atoms with Gasteiger partial charge >= 0.3 is 0 Å². The quantitative estimate of drug-likeness (QED) is 0.581. The molecule has 1 aromatic carbocycles. The van der Waals surface area contributed by atoms with Crippen molar-refractivity contribution in [1.29, 1.82) is 0 Å². The molecule has 0 N–H and O–H groups in total. The van der Waals surface area contributed by atoms with Crippen LogP contribution in [0.25, 0.3) is 0 Å². The molecular weight excluding hydrogens is 429 g/mol. The van der Waals surface area contributed by atoms with Crippen LogP contribution in [-0.4, -0.2) is 48.4 Å². The van der Waals surface area contributed by atoms with E-state index in [9.17, 15) is 0 Å². The fourth-order valence-electron chi connectivity index (χ4n) is 7.74. The summed E-state index contributed by atoms with van der Waals surface area (Å²) >= 11 is 0. The Labute approximate surface area is 193 Å². The number of rotatable bonds is 1. The van der Waals surface area contributed by atoms with Gasteiger partial charge < -0.3 is 14.2 Å². The number of hydroxylamine groups is 2. The molecule has 2 bridgehead atoms. The van der Waals surface area contributed by atoms with Crippen molar-refractivity contribution in [3.8, 4) is 5.75 Å². The van der Waals surface area contributed by atoms with E-state index < -0.39 is 29.6 Å². The van der Waals surface area contributed by atoms with Gasteiger partial charge in [-0.2, -0.15) is 5.06 Å². The predicted octanol–water partition coefficient (Wildman–Crippen LogP) is 4.21. The molecule has 2 spiro atoms. The topological polar surface area (TPSA) is 58.6 Å². The molecule has 0 aromatic heterocycles. The molecule has 33 heavy (non-hydrogen) atoms.